The van der Waals surface area contributed by atoms with Crippen molar-refractivity contribution in [1.82, 2.24) is 4.98 Å². The Kier molecular flexibility index (Phi) is 5.75. The zero-order chi connectivity index (χ0) is 21.1. The number of benzene rings is 2. The maximum atomic E-state index is 12.8. The van der Waals surface area contributed by atoms with E-state index in [1.165, 1.54) is 11.3 Å². The molecule has 3 aromatic rings. The molecule has 2 heterocycles. The summed E-state index contributed by atoms with van der Waals surface area (Å²) in [6, 6.07) is 16.4. The molecule has 0 bridgehead atoms. The van der Waals surface area contributed by atoms with Gasteiger partial charge in [0.2, 0.25) is 0 Å². The molecule has 1 aliphatic heterocycles. The van der Waals surface area contributed by atoms with E-state index in [0.29, 0.717) is 12.2 Å². The summed E-state index contributed by atoms with van der Waals surface area (Å²) in [4.78, 5) is 16.2. The monoisotopic (exact) mass is 400 g/mol. The number of fused-ring (bicyclic) bond motifs is 1. The molecule has 0 saturated heterocycles. The van der Waals surface area contributed by atoms with Gasteiger partial charge in [0.25, 0.3) is 5.91 Å². The van der Waals surface area contributed by atoms with Crippen LogP contribution in [0.3, 0.4) is 0 Å². The van der Waals surface area contributed by atoms with E-state index < -0.39 is 0 Å². The predicted octanol–water partition coefficient (Wildman–Crippen LogP) is 6.09. The molecule has 154 valence electrons. The van der Waals surface area contributed by atoms with Crippen molar-refractivity contribution in [3.63, 3.8) is 0 Å². The van der Waals surface area contributed by atoms with Gasteiger partial charge < -0.3 is 15.0 Å². The zero-order valence-corrected chi connectivity index (χ0v) is 17.8. The minimum Gasteiger partial charge on any atom is -0.494 e. The van der Waals surface area contributed by atoms with Crippen LogP contribution in [-0.2, 0) is 17.6 Å². The molecule has 0 radical (unpaired) electrons. The van der Waals surface area contributed by atoms with Crippen LogP contribution in [0.15, 0.2) is 48.5 Å². The molecule has 0 spiro atoms. The fourth-order valence-corrected chi connectivity index (χ4v) is 3.97. The average molecular weight is 401 g/mol. The minimum atomic E-state index is -0.0553. The second kappa shape index (κ2) is 8.62. The Morgan fingerprint density at radius 3 is 2.60 bits per heavy atom. The summed E-state index contributed by atoms with van der Waals surface area (Å²) < 4.78 is 5.62. The van der Waals surface area contributed by atoms with Gasteiger partial charge in [-0.2, -0.15) is 0 Å². The van der Waals surface area contributed by atoms with Crippen LogP contribution in [0.2, 0.25) is 0 Å². The average Bonchev–Trinajstić information content (AvgIpc) is 3.29. The molecule has 0 atom stereocenters. The Morgan fingerprint density at radius 2 is 1.83 bits per heavy atom. The van der Waals surface area contributed by atoms with Crippen LogP contribution in [-0.4, -0.2) is 17.5 Å². The van der Waals surface area contributed by atoms with Crippen molar-refractivity contribution in [2.45, 2.75) is 40.0 Å². The number of ether oxygens (including phenoxy) is 1. The number of rotatable bonds is 7. The van der Waals surface area contributed by atoms with Crippen molar-refractivity contribution in [2.75, 3.05) is 11.9 Å². The summed E-state index contributed by atoms with van der Waals surface area (Å²) in [5.41, 5.74) is 8.14. The Morgan fingerprint density at radius 1 is 1.00 bits per heavy atom. The summed E-state index contributed by atoms with van der Waals surface area (Å²) in [5, 5.41) is 3.04. The molecule has 0 aliphatic carbocycles. The van der Waals surface area contributed by atoms with Crippen LogP contribution < -0.4 is 10.1 Å². The molecule has 4 heteroatoms. The van der Waals surface area contributed by atoms with Crippen molar-refractivity contribution in [2.24, 2.45) is 0 Å². The van der Waals surface area contributed by atoms with Gasteiger partial charge in [-0.25, -0.2) is 0 Å². The molecular formula is C26H28N2O2. The van der Waals surface area contributed by atoms with E-state index in [1.807, 2.05) is 43.3 Å². The van der Waals surface area contributed by atoms with Crippen molar-refractivity contribution < 1.29 is 9.53 Å². The molecule has 1 amide bonds. The number of H-pyrrole nitrogens is 1. The second-order valence-electron chi connectivity index (χ2n) is 7.57. The summed E-state index contributed by atoms with van der Waals surface area (Å²) in [5.74, 6) is 0.794. The van der Waals surface area contributed by atoms with E-state index in [4.69, 9.17) is 4.74 Å². The number of carbonyl (C=O) groups is 1. The van der Waals surface area contributed by atoms with Crippen LogP contribution in [0.1, 0.15) is 49.7 Å². The van der Waals surface area contributed by atoms with Gasteiger partial charge in [-0.05, 0) is 66.8 Å². The molecule has 30 heavy (non-hydrogen) atoms. The van der Waals surface area contributed by atoms with Crippen molar-refractivity contribution >= 4 is 23.2 Å². The quantitative estimate of drug-likeness (QED) is 0.472. The van der Waals surface area contributed by atoms with Gasteiger partial charge >= 0.3 is 0 Å². The fourth-order valence-electron chi connectivity index (χ4n) is 3.97. The van der Waals surface area contributed by atoms with E-state index >= 15 is 0 Å². The number of aromatic amines is 1. The normalized spacial score (nSPS) is 14.1. The summed E-state index contributed by atoms with van der Waals surface area (Å²) in [6.45, 7) is 6.93. The van der Waals surface area contributed by atoms with Crippen LogP contribution in [0, 0.1) is 0 Å². The first kappa shape index (κ1) is 20.0. The number of carbonyl (C=O) groups excluding carboxylic acids is 1. The number of aromatic nitrogens is 1. The molecule has 1 aromatic heterocycles. The van der Waals surface area contributed by atoms with E-state index in [0.717, 1.165) is 53.1 Å². The maximum absolute atomic E-state index is 12.8. The third kappa shape index (κ3) is 3.90. The Bertz CT molecular complexity index is 1110. The highest BCUT2D eigenvalue weighted by atomic mass is 16.5. The lowest BCUT2D eigenvalue weighted by molar-refractivity contribution is -0.110. The highest BCUT2D eigenvalue weighted by Gasteiger charge is 2.25. The molecule has 0 unspecified atom stereocenters. The van der Waals surface area contributed by atoms with E-state index in [-0.39, 0.29) is 5.91 Å². The first-order valence-corrected chi connectivity index (χ1v) is 10.7. The number of amides is 1. The Hall–Kier alpha value is -3.27. The summed E-state index contributed by atoms with van der Waals surface area (Å²) in [7, 11) is 0. The molecule has 2 N–H and O–H groups in total. The van der Waals surface area contributed by atoms with Crippen molar-refractivity contribution in [1.29, 1.82) is 0 Å². The number of aryl methyl sites for hydroxylation is 2. The van der Waals surface area contributed by atoms with Gasteiger partial charge in [-0.3, -0.25) is 4.79 Å². The lowest BCUT2D eigenvalue weighted by atomic mass is 9.99. The molecule has 2 aromatic carbocycles. The lowest BCUT2D eigenvalue weighted by Gasteiger charge is -2.08. The van der Waals surface area contributed by atoms with E-state index in [2.05, 4.69) is 42.3 Å². The van der Waals surface area contributed by atoms with Gasteiger partial charge in [0.05, 0.1) is 12.2 Å². The van der Waals surface area contributed by atoms with Gasteiger partial charge in [0.15, 0.2) is 0 Å². The van der Waals surface area contributed by atoms with Crippen LogP contribution in [0.25, 0.3) is 22.8 Å². The second-order valence-corrected chi connectivity index (χ2v) is 7.57. The number of hydrogen-bond acceptors (Lipinski definition) is 2. The van der Waals surface area contributed by atoms with Crippen LogP contribution in [0.5, 0.6) is 5.75 Å². The SMILES string of the molecule is CCCc1cc(CC)[nH]c1/C=C1\C(=O)Nc2cc(-c3cccc(OCC)c3)ccc21. The Balaban J connectivity index is 1.70. The zero-order valence-electron chi connectivity index (χ0n) is 17.8. The predicted molar refractivity (Wildman–Crippen MR) is 124 cm³/mol. The molecular weight excluding hydrogens is 372 g/mol. The van der Waals surface area contributed by atoms with Gasteiger partial charge in [-0.1, -0.05) is 44.5 Å². The highest BCUT2D eigenvalue weighted by Crippen LogP contribution is 2.37. The summed E-state index contributed by atoms with van der Waals surface area (Å²) in [6.07, 6.45) is 5.02. The molecule has 4 rings (SSSR count). The largest absolute Gasteiger partial charge is 0.494 e. The Labute approximate surface area is 178 Å². The topological polar surface area (TPSA) is 54.1 Å². The third-order valence-corrected chi connectivity index (χ3v) is 5.46. The van der Waals surface area contributed by atoms with Crippen LogP contribution >= 0.6 is 0 Å². The first-order valence-electron chi connectivity index (χ1n) is 10.7. The molecule has 4 nitrogen and oxygen atoms in total. The number of anilines is 1. The van der Waals surface area contributed by atoms with Crippen molar-refractivity contribution in [3.05, 3.63) is 71.0 Å². The van der Waals surface area contributed by atoms with E-state index in [9.17, 15) is 4.79 Å². The maximum Gasteiger partial charge on any atom is 0.256 e. The van der Waals surface area contributed by atoms with Gasteiger partial charge in [-0.15, -0.1) is 0 Å². The van der Waals surface area contributed by atoms with Gasteiger partial charge in [0.1, 0.15) is 5.75 Å². The standard InChI is InChI=1S/C26H28N2O2/c1-4-8-19-13-20(5-2)27-24(19)16-23-22-12-11-18(15-25(22)28-26(23)29)17-9-7-10-21(14-17)30-6-3/h7,9-16,27H,4-6,8H2,1-3H3,(H,28,29)/b23-16-. The van der Waals surface area contributed by atoms with Crippen LogP contribution in [0.4, 0.5) is 5.69 Å². The molecule has 0 saturated carbocycles. The van der Waals surface area contributed by atoms with E-state index in [1.54, 1.807) is 0 Å². The summed E-state index contributed by atoms with van der Waals surface area (Å²) >= 11 is 0. The first-order chi connectivity index (χ1) is 14.6. The molecule has 0 fully saturated rings. The third-order valence-electron chi connectivity index (χ3n) is 5.46. The number of nitrogens with one attached hydrogen (secondary N) is 2. The fraction of sp³-hybridized carbons (Fsp3) is 0.269. The minimum absolute atomic E-state index is 0.0553. The van der Waals surface area contributed by atoms with Gasteiger partial charge in [0, 0.05) is 22.6 Å². The smallest absolute Gasteiger partial charge is 0.256 e. The lowest BCUT2D eigenvalue weighted by Crippen LogP contribution is -2.03. The van der Waals surface area contributed by atoms with Crippen molar-refractivity contribution in [3.8, 4) is 16.9 Å². The molecule has 1 aliphatic rings. The highest BCUT2D eigenvalue weighted by molar-refractivity contribution is 6.35. The number of hydrogen-bond donors (Lipinski definition) is 2.